The molecule has 3 aromatic rings. The fourth-order valence-electron chi connectivity index (χ4n) is 3.90. The van der Waals surface area contributed by atoms with Crippen LogP contribution in [0.4, 0.5) is 0 Å². The first-order chi connectivity index (χ1) is 11.7. The lowest BCUT2D eigenvalue weighted by molar-refractivity contribution is 0.0894. The van der Waals surface area contributed by atoms with Crippen LogP contribution in [0.5, 0.6) is 0 Å². The Morgan fingerprint density at radius 2 is 2.33 bits per heavy atom. The average molecular weight is 319 g/mol. The van der Waals surface area contributed by atoms with Crippen LogP contribution >= 0.6 is 0 Å². The van der Waals surface area contributed by atoms with E-state index in [0.29, 0.717) is 6.42 Å². The van der Waals surface area contributed by atoms with E-state index in [1.807, 2.05) is 31.3 Å². The summed E-state index contributed by atoms with van der Waals surface area (Å²) in [7, 11) is 0. The maximum absolute atomic E-state index is 13.2. The van der Waals surface area contributed by atoms with Gasteiger partial charge in [-0.05, 0) is 49.4 Å². The van der Waals surface area contributed by atoms with Crippen molar-refractivity contribution < 1.29 is 4.79 Å². The molecule has 0 fully saturated rings. The number of hydrogen-bond acceptors (Lipinski definition) is 2. The third-order valence-electron chi connectivity index (χ3n) is 5.13. The topological polar surface area (TPSA) is 50.2 Å². The molecule has 1 aliphatic carbocycles. The number of H-pyrrole nitrogens is 1. The van der Waals surface area contributed by atoms with E-state index in [4.69, 9.17) is 0 Å². The van der Waals surface area contributed by atoms with Gasteiger partial charge in [0.2, 0.25) is 0 Å². The van der Waals surface area contributed by atoms with E-state index in [-0.39, 0.29) is 11.7 Å². The molecule has 0 amide bonds. The van der Waals surface area contributed by atoms with Gasteiger partial charge in [0.25, 0.3) is 0 Å². The van der Waals surface area contributed by atoms with Crippen LogP contribution in [-0.4, -0.2) is 20.2 Å². The number of ketones is 1. The van der Waals surface area contributed by atoms with Crippen LogP contribution in [0.3, 0.4) is 0 Å². The summed E-state index contributed by atoms with van der Waals surface area (Å²) in [5.41, 5.74) is 6.52. The number of allylic oxidation sites excluding steroid dienone is 1. The average Bonchev–Trinajstić information content (AvgIpc) is 3.13. The van der Waals surface area contributed by atoms with E-state index in [9.17, 15) is 4.79 Å². The monoisotopic (exact) mass is 319 g/mol. The molecule has 1 atom stereocenters. The Balaban J connectivity index is 1.78. The molecule has 4 heteroatoms. The van der Waals surface area contributed by atoms with Crippen molar-refractivity contribution in [3.05, 3.63) is 71.6 Å². The van der Waals surface area contributed by atoms with Crippen molar-refractivity contribution in [3.63, 3.8) is 0 Å². The van der Waals surface area contributed by atoms with Crippen molar-refractivity contribution >= 4 is 11.3 Å². The number of Topliss-reactive ketones (excluding diaryl/α,β-unsaturated/α-hetero) is 1. The highest BCUT2D eigenvalue weighted by Crippen LogP contribution is 2.34. The standard InChI is InChI=1S/C20H21N3O/c1-3-6-15-16-9-8-14(11-17-13(2)21-12-22-17)20(24)19(16)23-10-5-4-7-18(15)23/h3-5,7,10,12,14H,1,6,8-9,11H2,2H3,(H,21,22). The number of aromatic nitrogens is 3. The van der Waals surface area contributed by atoms with Crippen LogP contribution in [-0.2, 0) is 19.3 Å². The molecule has 1 N–H and O–H groups in total. The molecule has 1 unspecified atom stereocenters. The summed E-state index contributed by atoms with van der Waals surface area (Å²) in [5.74, 6) is 0.254. The second-order valence-electron chi connectivity index (χ2n) is 6.53. The molecule has 0 aromatic carbocycles. The van der Waals surface area contributed by atoms with Gasteiger partial charge >= 0.3 is 0 Å². The molecule has 24 heavy (non-hydrogen) atoms. The molecule has 122 valence electrons. The lowest BCUT2D eigenvalue weighted by atomic mass is 9.82. The SMILES string of the molecule is C=CCc1c2c(n3ccccc13)C(=O)C(Cc1nc[nH]c1C)CC2. The molecule has 0 radical (unpaired) electrons. The molecular formula is C20H21N3O. The number of rotatable bonds is 4. The molecule has 0 bridgehead atoms. The van der Waals surface area contributed by atoms with Crippen LogP contribution in [0.15, 0.2) is 43.4 Å². The Kier molecular flexibility index (Phi) is 3.60. The molecule has 4 nitrogen and oxygen atoms in total. The number of aryl methyl sites for hydroxylation is 1. The number of aromatic amines is 1. The smallest absolute Gasteiger partial charge is 0.183 e. The minimum Gasteiger partial charge on any atom is -0.348 e. The van der Waals surface area contributed by atoms with Crippen molar-refractivity contribution in [3.8, 4) is 0 Å². The van der Waals surface area contributed by atoms with Gasteiger partial charge in [-0.15, -0.1) is 6.58 Å². The summed E-state index contributed by atoms with van der Waals surface area (Å²) in [4.78, 5) is 20.7. The van der Waals surface area contributed by atoms with E-state index < -0.39 is 0 Å². The highest BCUT2D eigenvalue weighted by atomic mass is 16.1. The zero-order valence-corrected chi connectivity index (χ0v) is 13.9. The van der Waals surface area contributed by atoms with Crippen LogP contribution in [0.1, 0.15) is 39.4 Å². The summed E-state index contributed by atoms with van der Waals surface area (Å²) in [6, 6.07) is 6.11. The largest absolute Gasteiger partial charge is 0.348 e. The van der Waals surface area contributed by atoms with Crippen molar-refractivity contribution in [1.29, 1.82) is 0 Å². The Bertz CT molecular complexity index is 932. The van der Waals surface area contributed by atoms with E-state index in [1.54, 1.807) is 6.33 Å². The van der Waals surface area contributed by atoms with Crippen molar-refractivity contribution in [2.75, 3.05) is 0 Å². The number of imidazole rings is 1. The van der Waals surface area contributed by atoms with Crippen molar-refractivity contribution in [2.24, 2.45) is 5.92 Å². The quantitative estimate of drug-likeness (QED) is 0.746. The predicted octanol–water partition coefficient (Wildman–Crippen LogP) is 3.69. The normalized spacial score (nSPS) is 17.2. The number of pyridine rings is 1. The number of nitrogens with one attached hydrogen (secondary N) is 1. The van der Waals surface area contributed by atoms with E-state index in [2.05, 4.69) is 27.0 Å². The van der Waals surface area contributed by atoms with Gasteiger partial charge in [0, 0.05) is 29.7 Å². The molecule has 3 aromatic heterocycles. The van der Waals surface area contributed by atoms with E-state index in [1.165, 1.54) is 11.1 Å². The predicted molar refractivity (Wildman–Crippen MR) is 94.5 cm³/mol. The molecule has 0 saturated heterocycles. The lowest BCUT2D eigenvalue weighted by Gasteiger charge is -2.21. The van der Waals surface area contributed by atoms with Gasteiger partial charge in [-0.25, -0.2) is 4.98 Å². The molecule has 0 aliphatic heterocycles. The van der Waals surface area contributed by atoms with Gasteiger partial charge in [0.15, 0.2) is 5.78 Å². The molecule has 4 rings (SSSR count). The first kappa shape index (κ1) is 14.9. The third-order valence-corrected chi connectivity index (χ3v) is 5.13. The second kappa shape index (κ2) is 5.78. The number of carbonyl (C=O) groups is 1. The highest BCUT2D eigenvalue weighted by Gasteiger charge is 2.33. The Morgan fingerprint density at radius 3 is 3.08 bits per heavy atom. The minimum absolute atomic E-state index is 0.00869. The Morgan fingerprint density at radius 1 is 1.46 bits per heavy atom. The summed E-state index contributed by atoms with van der Waals surface area (Å²) in [5, 5.41) is 0. The van der Waals surface area contributed by atoms with Gasteiger partial charge < -0.3 is 9.38 Å². The van der Waals surface area contributed by atoms with Crippen LogP contribution in [0, 0.1) is 12.8 Å². The maximum Gasteiger partial charge on any atom is 0.183 e. The molecular weight excluding hydrogens is 298 g/mol. The van der Waals surface area contributed by atoms with E-state index in [0.717, 1.165) is 41.9 Å². The summed E-state index contributed by atoms with van der Waals surface area (Å²) in [6.45, 7) is 5.89. The van der Waals surface area contributed by atoms with Gasteiger partial charge in [-0.3, -0.25) is 4.79 Å². The number of carbonyl (C=O) groups excluding carboxylic acids is 1. The Hall–Kier alpha value is -2.62. The van der Waals surface area contributed by atoms with Crippen LogP contribution in [0.2, 0.25) is 0 Å². The summed E-state index contributed by atoms with van der Waals surface area (Å²) >= 11 is 0. The molecule has 3 heterocycles. The van der Waals surface area contributed by atoms with Crippen molar-refractivity contribution in [2.45, 2.75) is 32.6 Å². The number of hydrogen-bond donors (Lipinski definition) is 1. The second-order valence-corrected chi connectivity index (χ2v) is 6.53. The minimum atomic E-state index is 0.00869. The fraction of sp³-hybridized carbons (Fsp3) is 0.300. The fourth-order valence-corrected chi connectivity index (χ4v) is 3.90. The maximum atomic E-state index is 13.2. The zero-order valence-electron chi connectivity index (χ0n) is 13.9. The number of nitrogens with zero attached hydrogens (tertiary/aromatic N) is 2. The van der Waals surface area contributed by atoms with E-state index >= 15 is 0 Å². The highest BCUT2D eigenvalue weighted by molar-refractivity contribution is 6.01. The van der Waals surface area contributed by atoms with Crippen molar-refractivity contribution in [1.82, 2.24) is 14.4 Å². The van der Waals surface area contributed by atoms with Gasteiger partial charge in [0.1, 0.15) is 0 Å². The third kappa shape index (κ3) is 2.21. The first-order valence-corrected chi connectivity index (χ1v) is 8.45. The molecule has 1 aliphatic rings. The lowest BCUT2D eigenvalue weighted by Crippen LogP contribution is -2.26. The van der Waals surface area contributed by atoms with Crippen LogP contribution in [0.25, 0.3) is 5.52 Å². The number of fused-ring (bicyclic) bond motifs is 3. The first-order valence-electron chi connectivity index (χ1n) is 8.45. The molecule has 0 spiro atoms. The zero-order chi connectivity index (χ0) is 16.7. The summed E-state index contributed by atoms with van der Waals surface area (Å²) in [6.07, 6.45) is 8.98. The summed E-state index contributed by atoms with van der Waals surface area (Å²) < 4.78 is 2.07. The van der Waals surface area contributed by atoms with Gasteiger partial charge in [0.05, 0.1) is 17.7 Å². The van der Waals surface area contributed by atoms with Crippen LogP contribution < -0.4 is 0 Å². The Labute approximate surface area is 141 Å². The molecule has 0 saturated carbocycles. The van der Waals surface area contributed by atoms with Gasteiger partial charge in [-0.2, -0.15) is 0 Å². The van der Waals surface area contributed by atoms with Gasteiger partial charge in [-0.1, -0.05) is 12.1 Å².